The molecule has 2 aromatic rings. The molecule has 0 saturated carbocycles. The number of thiophene rings is 1. The summed E-state index contributed by atoms with van der Waals surface area (Å²) in [7, 11) is 1.69. The zero-order valence-electron chi connectivity index (χ0n) is 17.6. The summed E-state index contributed by atoms with van der Waals surface area (Å²) >= 11 is 1.70. The van der Waals surface area contributed by atoms with Crippen LogP contribution in [-0.2, 0) is 12.8 Å². The zero-order chi connectivity index (χ0) is 20.2. The number of methoxy groups -OCH3 is 1. The maximum absolute atomic E-state index is 12.9. The first-order valence-corrected chi connectivity index (χ1v) is 11.8. The Hall–Kier alpha value is -1.85. The molecule has 1 saturated heterocycles. The number of amides is 1. The minimum absolute atomic E-state index is 0.0788. The van der Waals surface area contributed by atoms with E-state index in [0.717, 1.165) is 42.5 Å². The van der Waals surface area contributed by atoms with Gasteiger partial charge < -0.3 is 10.1 Å². The van der Waals surface area contributed by atoms with E-state index in [2.05, 4.69) is 35.3 Å². The number of hydrogen-bond donors (Lipinski definition) is 1. The second kappa shape index (κ2) is 9.31. The third-order valence-corrected chi connectivity index (χ3v) is 7.76. The summed E-state index contributed by atoms with van der Waals surface area (Å²) in [6.45, 7) is 5.11. The van der Waals surface area contributed by atoms with Crippen LogP contribution in [0.15, 0.2) is 30.3 Å². The van der Waals surface area contributed by atoms with Crippen LogP contribution in [0.1, 0.15) is 64.3 Å². The molecule has 1 aliphatic carbocycles. The lowest BCUT2D eigenvalue weighted by Gasteiger charge is -2.28. The van der Waals surface area contributed by atoms with E-state index in [1.165, 1.54) is 41.7 Å². The Kier molecular flexibility index (Phi) is 6.56. The van der Waals surface area contributed by atoms with Gasteiger partial charge >= 0.3 is 0 Å². The monoisotopic (exact) mass is 412 g/mol. The largest absolute Gasteiger partial charge is 0.497 e. The predicted molar refractivity (Wildman–Crippen MR) is 119 cm³/mol. The summed E-state index contributed by atoms with van der Waals surface area (Å²) in [6, 6.07) is 10.6. The van der Waals surface area contributed by atoms with Gasteiger partial charge in [0, 0.05) is 11.4 Å². The second-order valence-electron chi connectivity index (χ2n) is 8.32. The van der Waals surface area contributed by atoms with Crippen LogP contribution in [0.5, 0.6) is 5.75 Å². The number of nitrogens with zero attached hydrogens (tertiary/aromatic N) is 1. The number of fused-ring (bicyclic) bond motifs is 1. The molecular formula is C24H32N2O2S. The van der Waals surface area contributed by atoms with Crippen molar-refractivity contribution in [2.24, 2.45) is 5.92 Å². The number of rotatable bonds is 7. The molecule has 1 aromatic heterocycles. The third kappa shape index (κ3) is 4.67. The highest BCUT2D eigenvalue weighted by Gasteiger charge is 2.26. The van der Waals surface area contributed by atoms with Gasteiger partial charge in [0.1, 0.15) is 5.75 Å². The number of nitrogens with one attached hydrogen (secondary N) is 1. The molecular weight excluding hydrogens is 380 g/mol. The van der Waals surface area contributed by atoms with Crippen molar-refractivity contribution in [1.82, 2.24) is 10.2 Å². The average molecular weight is 413 g/mol. The summed E-state index contributed by atoms with van der Waals surface area (Å²) in [5.41, 5.74) is 2.65. The van der Waals surface area contributed by atoms with Crippen LogP contribution in [-0.4, -0.2) is 37.6 Å². The molecule has 2 heterocycles. The molecule has 5 heteroatoms. The van der Waals surface area contributed by atoms with Crippen molar-refractivity contribution in [2.45, 2.75) is 51.5 Å². The molecule has 2 atom stereocenters. The topological polar surface area (TPSA) is 41.6 Å². The standard InChI is InChI=1S/C24H32N2O2S/c1-3-17-6-11-22-19(14-17)15-23(29-22)24(27)25-16-21(26-12-4-5-13-26)18-7-9-20(28-2)10-8-18/h7-10,15,17,21H,3-6,11-14,16H2,1-2H3,(H,25,27)/t17-,21-/m0/s1. The van der Waals surface area contributed by atoms with Crippen molar-refractivity contribution in [3.8, 4) is 5.75 Å². The Balaban J connectivity index is 1.44. The van der Waals surface area contributed by atoms with Crippen LogP contribution in [0.2, 0.25) is 0 Å². The van der Waals surface area contributed by atoms with Gasteiger partial charge in [-0.1, -0.05) is 25.5 Å². The van der Waals surface area contributed by atoms with E-state index in [1.807, 2.05) is 12.1 Å². The van der Waals surface area contributed by atoms with E-state index in [9.17, 15) is 4.79 Å². The molecule has 29 heavy (non-hydrogen) atoms. The number of benzene rings is 1. The fraction of sp³-hybridized carbons (Fsp3) is 0.542. The predicted octanol–water partition coefficient (Wildman–Crippen LogP) is 4.84. The van der Waals surface area contributed by atoms with Gasteiger partial charge in [0.25, 0.3) is 5.91 Å². The number of hydrogen-bond acceptors (Lipinski definition) is 4. The summed E-state index contributed by atoms with van der Waals surface area (Å²) < 4.78 is 5.30. The third-order valence-electron chi connectivity index (χ3n) is 6.52. The lowest BCUT2D eigenvalue weighted by atomic mass is 9.87. The molecule has 4 rings (SSSR count). The number of carbonyl (C=O) groups is 1. The van der Waals surface area contributed by atoms with E-state index in [4.69, 9.17) is 4.74 Å². The van der Waals surface area contributed by atoms with Crippen molar-refractivity contribution in [1.29, 1.82) is 0 Å². The number of ether oxygens (including phenoxy) is 1. The average Bonchev–Trinajstić information content (AvgIpc) is 3.43. The first-order chi connectivity index (χ1) is 14.2. The van der Waals surface area contributed by atoms with Gasteiger partial charge in [-0.3, -0.25) is 9.69 Å². The highest BCUT2D eigenvalue weighted by atomic mass is 32.1. The summed E-state index contributed by atoms with van der Waals surface area (Å²) in [6.07, 6.45) is 7.23. The van der Waals surface area contributed by atoms with Gasteiger partial charge in [0.05, 0.1) is 18.0 Å². The Bertz CT molecular complexity index is 824. The first-order valence-electron chi connectivity index (χ1n) is 11.0. The molecule has 0 bridgehead atoms. The summed E-state index contributed by atoms with van der Waals surface area (Å²) in [5.74, 6) is 1.73. The van der Waals surface area contributed by atoms with Gasteiger partial charge in [0.15, 0.2) is 0 Å². The molecule has 4 nitrogen and oxygen atoms in total. The minimum atomic E-state index is 0.0788. The normalized spacial score (nSPS) is 20.3. The van der Waals surface area contributed by atoms with E-state index in [0.29, 0.717) is 6.54 Å². The van der Waals surface area contributed by atoms with Crippen LogP contribution >= 0.6 is 11.3 Å². The number of aryl methyl sites for hydroxylation is 1. The van der Waals surface area contributed by atoms with Gasteiger partial charge in [-0.15, -0.1) is 11.3 Å². The molecule has 0 unspecified atom stereocenters. The Morgan fingerprint density at radius 1 is 1.28 bits per heavy atom. The number of carbonyl (C=O) groups excluding carboxylic acids is 1. The molecule has 1 fully saturated rings. The lowest BCUT2D eigenvalue weighted by Crippen LogP contribution is -2.36. The Morgan fingerprint density at radius 3 is 2.72 bits per heavy atom. The van der Waals surface area contributed by atoms with E-state index < -0.39 is 0 Å². The second-order valence-corrected chi connectivity index (χ2v) is 9.45. The van der Waals surface area contributed by atoms with Crippen molar-refractivity contribution in [2.75, 3.05) is 26.7 Å². The molecule has 0 spiro atoms. The van der Waals surface area contributed by atoms with E-state index in [1.54, 1.807) is 18.4 Å². The van der Waals surface area contributed by atoms with Crippen LogP contribution in [0.3, 0.4) is 0 Å². The van der Waals surface area contributed by atoms with Gasteiger partial charge in [0.2, 0.25) is 0 Å². The van der Waals surface area contributed by atoms with Crippen LogP contribution in [0, 0.1) is 5.92 Å². The highest BCUT2D eigenvalue weighted by Crippen LogP contribution is 2.33. The fourth-order valence-electron chi connectivity index (χ4n) is 4.67. The molecule has 156 valence electrons. The first kappa shape index (κ1) is 20.4. The van der Waals surface area contributed by atoms with Crippen LogP contribution < -0.4 is 10.1 Å². The molecule has 0 radical (unpaired) electrons. The maximum Gasteiger partial charge on any atom is 0.261 e. The summed E-state index contributed by atoms with van der Waals surface area (Å²) in [5, 5.41) is 3.24. The van der Waals surface area contributed by atoms with E-state index in [-0.39, 0.29) is 11.9 Å². The molecule has 1 aliphatic heterocycles. The quantitative estimate of drug-likeness (QED) is 0.708. The molecule has 1 amide bonds. The maximum atomic E-state index is 12.9. The molecule has 1 aromatic carbocycles. The van der Waals surface area contributed by atoms with Crippen molar-refractivity contribution in [3.63, 3.8) is 0 Å². The van der Waals surface area contributed by atoms with Gasteiger partial charge in [-0.25, -0.2) is 0 Å². The molecule has 2 aliphatic rings. The minimum Gasteiger partial charge on any atom is -0.497 e. The number of likely N-dealkylation sites (tertiary alicyclic amines) is 1. The van der Waals surface area contributed by atoms with Crippen molar-refractivity contribution in [3.05, 3.63) is 51.2 Å². The van der Waals surface area contributed by atoms with Gasteiger partial charge in [-0.05, 0) is 80.4 Å². The van der Waals surface area contributed by atoms with Crippen LogP contribution in [0.25, 0.3) is 0 Å². The fourth-order valence-corrected chi connectivity index (χ4v) is 5.80. The van der Waals surface area contributed by atoms with Crippen molar-refractivity contribution < 1.29 is 9.53 Å². The van der Waals surface area contributed by atoms with Crippen molar-refractivity contribution >= 4 is 17.2 Å². The zero-order valence-corrected chi connectivity index (χ0v) is 18.4. The van der Waals surface area contributed by atoms with Crippen LogP contribution in [0.4, 0.5) is 0 Å². The summed E-state index contributed by atoms with van der Waals surface area (Å²) in [4.78, 5) is 17.7. The Morgan fingerprint density at radius 2 is 2.03 bits per heavy atom. The van der Waals surface area contributed by atoms with E-state index >= 15 is 0 Å². The highest BCUT2D eigenvalue weighted by molar-refractivity contribution is 7.14. The van der Waals surface area contributed by atoms with Gasteiger partial charge in [-0.2, -0.15) is 0 Å². The Labute approximate surface area is 178 Å². The smallest absolute Gasteiger partial charge is 0.261 e. The lowest BCUT2D eigenvalue weighted by molar-refractivity contribution is 0.0942. The molecule has 1 N–H and O–H groups in total. The SMILES string of the molecule is CC[C@H]1CCc2sc(C(=O)NC[C@@H](c3ccc(OC)cc3)N3CCCC3)cc2C1.